The van der Waals surface area contributed by atoms with E-state index in [1.165, 1.54) is 56.6 Å². The largest absolute Gasteiger partial charge is 0.371 e. The Morgan fingerprint density at radius 2 is 2.17 bits per heavy atom. The Balaban J connectivity index is 1.58. The van der Waals surface area contributed by atoms with Gasteiger partial charge in [0.25, 0.3) is 0 Å². The summed E-state index contributed by atoms with van der Waals surface area (Å²) < 4.78 is 0. The highest BCUT2D eigenvalue weighted by atomic mass is 15.1. The van der Waals surface area contributed by atoms with E-state index in [4.69, 9.17) is 0 Å². The van der Waals surface area contributed by atoms with E-state index in [1.807, 2.05) is 0 Å². The summed E-state index contributed by atoms with van der Waals surface area (Å²) in [6.45, 7) is 5.96. The van der Waals surface area contributed by atoms with Gasteiger partial charge in [0.05, 0.1) is 0 Å². The summed E-state index contributed by atoms with van der Waals surface area (Å²) in [7, 11) is 0. The Kier molecular flexibility index (Phi) is 3.55. The molecule has 0 aromatic heterocycles. The molecule has 1 N–H and O–H groups in total. The second-order valence-electron chi connectivity index (χ2n) is 5.97. The van der Waals surface area contributed by atoms with Crippen LogP contribution in [-0.4, -0.2) is 25.7 Å². The van der Waals surface area contributed by atoms with E-state index in [2.05, 4.69) is 41.4 Å². The summed E-state index contributed by atoms with van der Waals surface area (Å²) in [5.41, 5.74) is 3.01. The van der Waals surface area contributed by atoms with Gasteiger partial charge in [0.15, 0.2) is 0 Å². The Morgan fingerprint density at radius 3 is 3.00 bits per heavy atom. The first-order valence-electron chi connectivity index (χ1n) is 7.39. The number of hydrogen-bond donors (Lipinski definition) is 1. The number of nitrogens with zero attached hydrogens (tertiary/aromatic N) is 1. The number of benzene rings is 1. The zero-order valence-corrected chi connectivity index (χ0v) is 11.4. The van der Waals surface area contributed by atoms with Gasteiger partial charge in [-0.05, 0) is 49.8 Å². The van der Waals surface area contributed by atoms with Crippen LogP contribution in [0.4, 0.5) is 5.69 Å². The Bertz CT molecular complexity index is 398. The second kappa shape index (κ2) is 5.31. The fraction of sp³-hybridized carbons (Fsp3) is 0.625. The van der Waals surface area contributed by atoms with Crippen LogP contribution in [0.1, 0.15) is 31.7 Å². The van der Waals surface area contributed by atoms with Crippen LogP contribution in [0.3, 0.4) is 0 Å². The molecule has 1 unspecified atom stereocenters. The topological polar surface area (TPSA) is 15.3 Å². The molecule has 98 valence electrons. The molecule has 1 heterocycles. The van der Waals surface area contributed by atoms with E-state index in [1.54, 1.807) is 0 Å². The van der Waals surface area contributed by atoms with Gasteiger partial charge in [0.1, 0.15) is 0 Å². The predicted molar refractivity (Wildman–Crippen MR) is 77.2 cm³/mol. The summed E-state index contributed by atoms with van der Waals surface area (Å²) >= 11 is 0. The van der Waals surface area contributed by atoms with Gasteiger partial charge in [0, 0.05) is 24.8 Å². The quantitative estimate of drug-likeness (QED) is 0.857. The highest BCUT2D eigenvalue weighted by Gasteiger charge is 2.22. The number of hydrogen-bond acceptors (Lipinski definition) is 2. The van der Waals surface area contributed by atoms with Crippen LogP contribution in [0.5, 0.6) is 0 Å². The fourth-order valence-electron chi connectivity index (χ4n) is 2.90. The van der Waals surface area contributed by atoms with Crippen molar-refractivity contribution in [2.24, 2.45) is 5.92 Å². The zero-order valence-electron chi connectivity index (χ0n) is 11.4. The van der Waals surface area contributed by atoms with Crippen molar-refractivity contribution in [3.63, 3.8) is 0 Å². The third kappa shape index (κ3) is 2.86. The van der Waals surface area contributed by atoms with Crippen LogP contribution in [0.2, 0.25) is 0 Å². The highest BCUT2D eigenvalue weighted by Crippen LogP contribution is 2.27. The molecule has 3 rings (SSSR count). The smallest absolute Gasteiger partial charge is 0.0398 e. The predicted octanol–water partition coefficient (Wildman–Crippen LogP) is 2.83. The van der Waals surface area contributed by atoms with E-state index >= 15 is 0 Å². The van der Waals surface area contributed by atoms with E-state index in [0.29, 0.717) is 0 Å². The van der Waals surface area contributed by atoms with Crippen LogP contribution >= 0.6 is 0 Å². The van der Waals surface area contributed by atoms with Gasteiger partial charge in [-0.2, -0.15) is 0 Å². The lowest BCUT2D eigenvalue weighted by Crippen LogP contribution is -2.37. The van der Waals surface area contributed by atoms with Gasteiger partial charge in [0.2, 0.25) is 0 Å². The SMILES string of the molecule is CC(CNC1CC1)CN1CCCc2ccccc21. The molecule has 1 aromatic carbocycles. The van der Waals surface area contributed by atoms with E-state index in [0.717, 1.165) is 12.0 Å². The van der Waals surface area contributed by atoms with Crippen LogP contribution in [-0.2, 0) is 6.42 Å². The van der Waals surface area contributed by atoms with Gasteiger partial charge in [-0.15, -0.1) is 0 Å². The monoisotopic (exact) mass is 244 g/mol. The summed E-state index contributed by atoms with van der Waals surface area (Å²) in [5.74, 6) is 0.733. The molecule has 2 heteroatoms. The number of para-hydroxylation sites is 1. The highest BCUT2D eigenvalue weighted by molar-refractivity contribution is 5.55. The Morgan fingerprint density at radius 1 is 1.33 bits per heavy atom. The Hall–Kier alpha value is -1.02. The van der Waals surface area contributed by atoms with E-state index < -0.39 is 0 Å². The molecule has 0 spiro atoms. The molecule has 2 aliphatic rings. The van der Waals surface area contributed by atoms with Crippen molar-refractivity contribution in [2.75, 3.05) is 24.5 Å². The molecule has 0 radical (unpaired) electrons. The van der Waals surface area contributed by atoms with Crippen LogP contribution in [0.25, 0.3) is 0 Å². The summed E-state index contributed by atoms with van der Waals surface area (Å²) in [4.78, 5) is 2.58. The van der Waals surface area contributed by atoms with Crippen molar-refractivity contribution in [2.45, 2.75) is 38.6 Å². The maximum absolute atomic E-state index is 3.64. The van der Waals surface area contributed by atoms with Gasteiger partial charge >= 0.3 is 0 Å². The van der Waals surface area contributed by atoms with Crippen molar-refractivity contribution in [3.8, 4) is 0 Å². The van der Waals surface area contributed by atoms with Crippen molar-refractivity contribution in [1.29, 1.82) is 0 Å². The standard InChI is InChI=1S/C16H24N2/c1-13(11-17-15-8-9-15)12-18-10-4-6-14-5-2-3-7-16(14)18/h2-3,5,7,13,15,17H,4,6,8-12H2,1H3. The maximum atomic E-state index is 3.64. The molecule has 18 heavy (non-hydrogen) atoms. The van der Waals surface area contributed by atoms with Gasteiger partial charge in [-0.1, -0.05) is 25.1 Å². The molecular formula is C16H24N2. The minimum absolute atomic E-state index is 0.733. The first-order chi connectivity index (χ1) is 8.83. The van der Waals surface area contributed by atoms with Crippen LogP contribution in [0, 0.1) is 5.92 Å². The van der Waals surface area contributed by atoms with Crippen molar-refractivity contribution in [3.05, 3.63) is 29.8 Å². The third-order valence-electron chi connectivity index (χ3n) is 4.07. The van der Waals surface area contributed by atoms with Crippen molar-refractivity contribution >= 4 is 5.69 Å². The lowest BCUT2D eigenvalue weighted by atomic mass is 10.0. The number of fused-ring (bicyclic) bond motifs is 1. The summed E-state index contributed by atoms with van der Waals surface area (Å²) in [5, 5.41) is 3.64. The van der Waals surface area contributed by atoms with Gasteiger partial charge in [-0.25, -0.2) is 0 Å². The molecule has 0 bridgehead atoms. The minimum Gasteiger partial charge on any atom is -0.371 e. The molecule has 1 fully saturated rings. The van der Waals surface area contributed by atoms with Crippen LogP contribution < -0.4 is 10.2 Å². The number of rotatable bonds is 5. The summed E-state index contributed by atoms with van der Waals surface area (Å²) in [6.07, 6.45) is 5.33. The number of aryl methyl sites for hydroxylation is 1. The zero-order chi connectivity index (χ0) is 12.4. The van der Waals surface area contributed by atoms with E-state index in [9.17, 15) is 0 Å². The number of nitrogens with one attached hydrogen (secondary N) is 1. The first kappa shape index (κ1) is 12.0. The normalized spacial score (nSPS) is 20.6. The van der Waals surface area contributed by atoms with E-state index in [-0.39, 0.29) is 0 Å². The summed E-state index contributed by atoms with van der Waals surface area (Å²) in [6, 6.07) is 9.75. The molecule has 0 amide bonds. The fourth-order valence-corrected chi connectivity index (χ4v) is 2.90. The molecule has 1 aliphatic carbocycles. The third-order valence-corrected chi connectivity index (χ3v) is 4.07. The minimum atomic E-state index is 0.733. The average molecular weight is 244 g/mol. The van der Waals surface area contributed by atoms with Crippen molar-refractivity contribution in [1.82, 2.24) is 5.32 Å². The molecule has 1 atom stereocenters. The van der Waals surface area contributed by atoms with Gasteiger partial charge in [-0.3, -0.25) is 0 Å². The second-order valence-corrected chi connectivity index (χ2v) is 5.97. The van der Waals surface area contributed by atoms with Gasteiger partial charge < -0.3 is 10.2 Å². The number of anilines is 1. The molecular weight excluding hydrogens is 220 g/mol. The lowest BCUT2D eigenvalue weighted by molar-refractivity contribution is 0.494. The maximum Gasteiger partial charge on any atom is 0.0398 e. The molecule has 1 saturated carbocycles. The molecule has 1 aromatic rings. The average Bonchev–Trinajstić information content (AvgIpc) is 3.21. The van der Waals surface area contributed by atoms with Crippen molar-refractivity contribution < 1.29 is 0 Å². The molecule has 2 nitrogen and oxygen atoms in total. The van der Waals surface area contributed by atoms with Crippen LogP contribution in [0.15, 0.2) is 24.3 Å². The Labute approximate surface area is 110 Å². The lowest BCUT2D eigenvalue weighted by Gasteiger charge is -2.33. The molecule has 0 saturated heterocycles. The first-order valence-corrected chi connectivity index (χ1v) is 7.39. The molecule has 1 aliphatic heterocycles.